The van der Waals surface area contributed by atoms with Crippen molar-refractivity contribution in [3.8, 4) is 0 Å². The maximum atomic E-state index is 11.8. The van der Waals surface area contributed by atoms with E-state index in [1.807, 2.05) is 0 Å². The van der Waals surface area contributed by atoms with Gasteiger partial charge in [-0.15, -0.1) is 0 Å². The quantitative estimate of drug-likeness (QED) is 0.787. The summed E-state index contributed by atoms with van der Waals surface area (Å²) in [6, 6.07) is -0.145. The van der Waals surface area contributed by atoms with Gasteiger partial charge in [-0.05, 0) is 31.6 Å². The van der Waals surface area contributed by atoms with Gasteiger partial charge in [0.15, 0.2) is 0 Å². The monoisotopic (exact) mass is 239 g/mol. The average molecular weight is 239 g/mol. The fourth-order valence-corrected chi connectivity index (χ4v) is 2.82. The van der Waals surface area contributed by atoms with Crippen LogP contribution in [0.4, 0.5) is 0 Å². The fraction of sp³-hybridized carbons (Fsp3) is 0.846. The number of carbonyl (C=O) groups is 2. The first kappa shape index (κ1) is 12.4. The van der Waals surface area contributed by atoms with E-state index in [0.29, 0.717) is 18.8 Å². The molecule has 0 radical (unpaired) electrons. The molecule has 0 aromatic rings. The molecule has 2 rings (SSSR count). The van der Waals surface area contributed by atoms with Crippen LogP contribution in [-0.2, 0) is 9.59 Å². The van der Waals surface area contributed by atoms with E-state index in [1.165, 1.54) is 6.42 Å². The molecule has 2 saturated carbocycles. The number of carbonyl (C=O) groups excluding carboxylic acids is 1. The lowest BCUT2D eigenvalue weighted by molar-refractivity contribution is -0.144. The highest BCUT2D eigenvalue weighted by atomic mass is 16.4. The summed E-state index contributed by atoms with van der Waals surface area (Å²) in [5, 5.41) is 12.0. The summed E-state index contributed by atoms with van der Waals surface area (Å²) in [4.78, 5) is 22.9. The van der Waals surface area contributed by atoms with Crippen molar-refractivity contribution in [2.75, 3.05) is 0 Å². The highest BCUT2D eigenvalue weighted by molar-refractivity contribution is 5.78. The number of hydrogen-bond acceptors (Lipinski definition) is 2. The van der Waals surface area contributed by atoms with Crippen LogP contribution in [0.25, 0.3) is 0 Å². The normalized spacial score (nSPS) is 29.4. The maximum absolute atomic E-state index is 11.8. The van der Waals surface area contributed by atoms with Gasteiger partial charge >= 0.3 is 5.97 Å². The molecule has 2 fully saturated rings. The second-order valence-corrected chi connectivity index (χ2v) is 5.40. The van der Waals surface area contributed by atoms with Gasteiger partial charge in [-0.2, -0.15) is 0 Å². The summed E-state index contributed by atoms with van der Waals surface area (Å²) in [6.07, 6.45) is 7.63. The van der Waals surface area contributed by atoms with E-state index in [4.69, 9.17) is 5.11 Å². The molecule has 0 bridgehead atoms. The molecule has 2 unspecified atom stereocenters. The third-order valence-electron chi connectivity index (χ3n) is 4.13. The van der Waals surface area contributed by atoms with E-state index in [9.17, 15) is 9.59 Å². The molecular formula is C13H21NO3. The zero-order valence-electron chi connectivity index (χ0n) is 10.2. The highest BCUT2D eigenvalue weighted by Gasteiger charge is 2.32. The van der Waals surface area contributed by atoms with Crippen LogP contribution in [0.15, 0.2) is 0 Å². The lowest BCUT2D eigenvalue weighted by atomic mass is 9.81. The van der Waals surface area contributed by atoms with Crippen molar-refractivity contribution in [2.45, 2.75) is 57.4 Å². The minimum absolute atomic E-state index is 0.0489. The van der Waals surface area contributed by atoms with Crippen molar-refractivity contribution >= 4 is 11.9 Å². The van der Waals surface area contributed by atoms with E-state index in [0.717, 1.165) is 32.1 Å². The molecule has 2 aliphatic rings. The first-order valence-electron chi connectivity index (χ1n) is 6.69. The molecule has 4 nitrogen and oxygen atoms in total. The Morgan fingerprint density at radius 3 is 2.35 bits per heavy atom. The molecule has 0 spiro atoms. The number of amides is 1. The van der Waals surface area contributed by atoms with Crippen LogP contribution in [0.2, 0.25) is 0 Å². The molecule has 0 aromatic heterocycles. The molecule has 0 aliphatic heterocycles. The minimum atomic E-state index is -0.765. The average Bonchev–Trinajstić information content (AvgIpc) is 2.24. The topological polar surface area (TPSA) is 66.4 Å². The number of hydrogen-bond donors (Lipinski definition) is 2. The fourth-order valence-electron chi connectivity index (χ4n) is 2.82. The van der Waals surface area contributed by atoms with Gasteiger partial charge in [0.25, 0.3) is 0 Å². The zero-order chi connectivity index (χ0) is 12.3. The van der Waals surface area contributed by atoms with Gasteiger partial charge in [0.2, 0.25) is 5.91 Å². The van der Waals surface area contributed by atoms with E-state index in [2.05, 4.69) is 5.32 Å². The van der Waals surface area contributed by atoms with Gasteiger partial charge in [0, 0.05) is 12.5 Å². The first-order chi connectivity index (χ1) is 8.16. The van der Waals surface area contributed by atoms with Crippen molar-refractivity contribution < 1.29 is 14.7 Å². The third kappa shape index (κ3) is 3.20. The summed E-state index contributed by atoms with van der Waals surface area (Å²) in [5.74, 6) is -0.553. The van der Waals surface area contributed by atoms with Gasteiger partial charge < -0.3 is 10.4 Å². The smallest absolute Gasteiger partial charge is 0.308 e. The molecule has 0 saturated heterocycles. The summed E-state index contributed by atoms with van der Waals surface area (Å²) >= 11 is 0. The van der Waals surface area contributed by atoms with Crippen LogP contribution < -0.4 is 5.32 Å². The Hall–Kier alpha value is -1.06. The van der Waals surface area contributed by atoms with Gasteiger partial charge in [0.05, 0.1) is 5.92 Å². The van der Waals surface area contributed by atoms with Crippen molar-refractivity contribution in [1.82, 2.24) is 5.32 Å². The summed E-state index contributed by atoms with van der Waals surface area (Å²) in [6.45, 7) is 0. The molecular weight excluding hydrogens is 218 g/mol. The SMILES string of the molecule is O=C(CC1CCC1)NC1CCCCC1C(=O)O. The molecule has 1 amide bonds. The van der Waals surface area contributed by atoms with Crippen LogP contribution in [-0.4, -0.2) is 23.0 Å². The number of carboxylic acid groups (broad SMARTS) is 1. The number of aliphatic carboxylic acids is 1. The van der Waals surface area contributed by atoms with Gasteiger partial charge in [-0.1, -0.05) is 19.3 Å². The van der Waals surface area contributed by atoms with Crippen molar-refractivity contribution in [3.05, 3.63) is 0 Å². The summed E-state index contributed by atoms with van der Waals surface area (Å²) < 4.78 is 0. The molecule has 4 heteroatoms. The van der Waals surface area contributed by atoms with Gasteiger partial charge in [-0.3, -0.25) is 9.59 Å². The summed E-state index contributed by atoms with van der Waals surface area (Å²) in [7, 11) is 0. The van der Waals surface area contributed by atoms with Crippen molar-refractivity contribution in [2.24, 2.45) is 11.8 Å². The highest BCUT2D eigenvalue weighted by Crippen LogP contribution is 2.30. The second-order valence-electron chi connectivity index (χ2n) is 5.40. The van der Waals surface area contributed by atoms with Crippen LogP contribution >= 0.6 is 0 Å². The Labute approximate surface area is 102 Å². The number of carboxylic acids is 1. The minimum Gasteiger partial charge on any atom is -0.481 e. The molecule has 0 heterocycles. The zero-order valence-corrected chi connectivity index (χ0v) is 10.2. The van der Waals surface area contributed by atoms with E-state index >= 15 is 0 Å². The van der Waals surface area contributed by atoms with Crippen LogP contribution in [0, 0.1) is 11.8 Å². The Bertz CT molecular complexity index is 299. The molecule has 17 heavy (non-hydrogen) atoms. The lowest BCUT2D eigenvalue weighted by Gasteiger charge is -2.31. The van der Waals surface area contributed by atoms with Crippen molar-refractivity contribution in [3.63, 3.8) is 0 Å². The first-order valence-corrected chi connectivity index (χ1v) is 6.69. The Kier molecular flexibility index (Phi) is 4.02. The van der Waals surface area contributed by atoms with Crippen LogP contribution in [0.5, 0.6) is 0 Å². The van der Waals surface area contributed by atoms with Crippen LogP contribution in [0.1, 0.15) is 51.4 Å². The predicted molar refractivity (Wildman–Crippen MR) is 63.5 cm³/mol. The lowest BCUT2D eigenvalue weighted by Crippen LogP contribution is -2.45. The largest absolute Gasteiger partial charge is 0.481 e. The van der Waals surface area contributed by atoms with Crippen LogP contribution in [0.3, 0.4) is 0 Å². The molecule has 2 N–H and O–H groups in total. The summed E-state index contributed by atoms with van der Waals surface area (Å²) in [5.41, 5.74) is 0. The standard InChI is InChI=1S/C13H21NO3/c15-12(8-9-4-3-5-9)14-11-7-2-1-6-10(11)13(16)17/h9-11H,1-8H2,(H,14,15)(H,16,17). The number of nitrogens with one attached hydrogen (secondary N) is 1. The second kappa shape index (κ2) is 5.52. The van der Waals surface area contributed by atoms with E-state index < -0.39 is 5.97 Å². The van der Waals surface area contributed by atoms with Gasteiger partial charge in [0.1, 0.15) is 0 Å². The van der Waals surface area contributed by atoms with Crippen molar-refractivity contribution in [1.29, 1.82) is 0 Å². The predicted octanol–water partition coefficient (Wildman–Crippen LogP) is 1.94. The van der Waals surface area contributed by atoms with E-state index in [1.54, 1.807) is 0 Å². The molecule has 0 aromatic carbocycles. The van der Waals surface area contributed by atoms with E-state index in [-0.39, 0.29) is 17.9 Å². The number of rotatable bonds is 4. The maximum Gasteiger partial charge on any atom is 0.308 e. The third-order valence-corrected chi connectivity index (χ3v) is 4.13. The molecule has 2 atom stereocenters. The Morgan fingerprint density at radius 1 is 1.06 bits per heavy atom. The Morgan fingerprint density at radius 2 is 1.76 bits per heavy atom. The molecule has 96 valence electrons. The Balaban J connectivity index is 1.82. The molecule has 2 aliphatic carbocycles. The van der Waals surface area contributed by atoms with Gasteiger partial charge in [-0.25, -0.2) is 0 Å².